The van der Waals surface area contributed by atoms with E-state index in [1.165, 1.54) is 77.9 Å². The molecule has 1 spiro atoms. The molecule has 12 aromatic rings. The average molecular weight is 878 g/mol. The predicted molar refractivity (Wildman–Crippen MR) is 286 cm³/mol. The van der Waals surface area contributed by atoms with Crippen molar-refractivity contribution >= 4 is 39.0 Å². The van der Waals surface area contributed by atoms with Crippen molar-refractivity contribution < 1.29 is 4.42 Å². The van der Waals surface area contributed by atoms with Gasteiger partial charge in [0, 0.05) is 27.8 Å². The van der Waals surface area contributed by atoms with Crippen LogP contribution in [0, 0.1) is 0 Å². The van der Waals surface area contributed by atoms with Crippen LogP contribution in [0.1, 0.15) is 22.3 Å². The summed E-state index contributed by atoms with van der Waals surface area (Å²) < 4.78 is 6.28. The lowest BCUT2D eigenvalue weighted by Gasteiger charge is -2.35. The van der Waals surface area contributed by atoms with Gasteiger partial charge in [-0.05, 0) is 138 Å². The Bertz CT molecular complexity index is 3870. The molecule has 0 aliphatic heterocycles. The molecule has 2 heteroatoms. The lowest BCUT2D eigenvalue weighted by molar-refractivity contribution is 0.669. The normalized spacial score (nSPS) is 12.8. The molecule has 0 radical (unpaired) electrons. The minimum absolute atomic E-state index is 0.529. The van der Waals surface area contributed by atoms with Crippen molar-refractivity contribution in [1.82, 2.24) is 0 Å². The van der Waals surface area contributed by atoms with Gasteiger partial charge in [0.15, 0.2) is 0 Å². The fourth-order valence-corrected chi connectivity index (χ4v) is 11.8. The predicted octanol–water partition coefficient (Wildman–Crippen LogP) is 18.1. The zero-order valence-corrected chi connectivity index (χ0v) is 37.7. The first kappa shape index (κ1) is 39.2. The number of rotatable bonds is 6. The van der Waals surface area contributed by atoms with Gasteiger partial charge < -0.3 is 9.32 Å². The van der Waals surface area contributed by atoms with Gasteiger partial charge in [-0.3, -0.25) is 0 Å². The standard InChI is InChI=1S/C67H43NO/c1-2-16-44(17-3-1)45-32-38-48(39-33-45)68(50-42-36-47(37-43-50)52-25-15-31-64-66(52)58-23-9-13-30-63(58)69-64)49-40-34-46(35-41-49)51-24-14-29-62-65(51)57-22-8-12-28-61(57)67(62)59-26-10-6-20-55(59)53-18-4-5-19-54(53)56-21-7-11-27-60(56)67/h1-43H. The Morgan fingerprint density at radius 2 is 0.667 bits per heavy atom. The molecule has 2 nitrogen and oxygen atoms in total. The molecular formula is C67H43NO. The van der Waals surface area contributed by atoms with Crippen LogP contribution in [0.4, 0.5) is 17.1 Å². The molecule has 69 heavy (non-hydrogen) atoms. The third kappa shape index (κ3) is 5.92. The Morgan fingerprint density at radius 3 is 1.29 bits per heavy atom. The van der Waals surface area contributed by atoms with Gasteiger partial charge in [-0.25, -0.2) is 0 Å². The van der Waals surface area contributed by atoms with Gasteiger partial charge in [-0.1, -0.05) is 212 Å². The van der Waals surface area contributed by atoms with Crippen molar-refractivity contribution in [2.45, 2.75) is 5.41 Å². The van der Waals surface area contributed by atoms with Gasteiger partial charge in [0.1, 0.15) is 11.2 Å². The first-order valence-electron chi connectivity index (χ1n) is 23.8. The van der Waals surface area contributed by atoms with E-state index in [1.807, 2.05) is 12.1 Å². The molecule has 1 aromatic heterocycles. The zero-order valence-electron chi connectivity index (χ0n) is 37.7. The van der Waals surface area contributed by atoms with Gasteiger partial charge in [0.2, 0.25) is 0 Å². The number of fused-ring (bicyclic) bond motifs is 15. The number of anilines is 3. The molecule has 0 N–H and O–H groups in total. The number of hydrogen-bond acceptors (Lipinski definition) is 2. The van der Waals surface area contributed by atoms with Crippen LogP contribution < -0.4 is 4.90 Å². The summed E-state index contributed by atoms with van der Waals surface area (Å²) >= 11 is 0. The van der Waals surface area contributed by atoms with Gasteiger partial charge in [-0.15, -0.1) is 0 Å². The first-order valence-corrected chi connectivity index (χ1v) is 23.8. The van der Waals surface area contributed by atoms with E-state index in [9.17, 15) is 0 Å². The van der Waals surface area contributed by atoms with Crippen LogP contribution in [-0.2, 0) is 5.41 Å². The second-order valence-corrected chi connectivity index (χ2v) is 18.3. The maximum atomic E-state index is 6.28. The van der Waals surface area contributed by atoms with E-state index < -0.39 is 5.41 Å². The fourth-order valence-electron chi connectivity index (χ4n) is 11.8. The monoisotopic (exact) mass is 877 g/mol. The number of benzene rings is 11. The number of para-hydroxylation sites is 1. The quantitative estimate of drug-likeness (QED) is 0.165. The third-order valence-electron chi connectivity index (χ3n) is 14.7. The average Bonchev–Trinajstić information content (AvgIpc) is 3.93. The Hall–Kier alpha value is -8.98. The Balaban J connectivity index is 0.910. The van der Waals surface area contributed by atoms with E-state index in [0.29, 0.717) is 0 Å². The summed E-state index contributed by atoms with van der Waals surface area (Å²) in [6, 6.07) is 95.6. The van der Waals surface area contributed by atoms with E-state index in [2.05, 4.69) is 254 Å². The number of nitrogens with zero attached hydrogens (tertiary/aromatic N) is 1. The van der Waals surface area contributed by atoms with Crippen molar-refractivity contribution in [3.63, 3.8) is 0 Å². The second kappa shape index (κ2) is 15.6. The van der Waals surface area contributed by atoms with Crippen LogP contribution in [0.3, 0.4) is 0 Å². The fraction of sp³-hybridized carbons (Fsp3) is 0.0149. The van der Waals surface area contributed by atoms with Gasteiger partial charge in [-0.2, -0.15) is 0 Å². The molecule has 322 valence electrons. The molecule has 11 aromatic carbocycles. The van der Waals surface area contributed by atoms with Crippen LogP contribution in [-0.4, -0.2) is 0 Å². The van der Waals surface area contributed by atoms with E-state index >= 15 is 0 Å². The molecule has 2 aliphatic carbocycles. The summed E-state index contributed by atoms with van der Waals surface area (Å²) in [6.45, 7) is 0. The highest BCUT2D eigenvalue weighted by Gasteiger charge is 2.50. The van der Waals surface area contributed by atoms with Crippen LogP contribution in [0.15, 0.2) is 265 Å². The minimum Gasteiger partial charge on any atom is -0.456 e. The van der Waals surface area contributed by atoms with Crippen molar-refractivity contribution in [2.24, 2.45) is 0 Å². The maximum Gasteiger partial charge on any atom is 0.136 e. The largest absolute Gasteiger partial charge is 0.456 e. The highest BCUT2D eigenvalue weighted by atomic mass is 16.3. The molecule has 2 aliphatic rings. The van der Waals surface area contributed by atoms with E-state index in [4.69, 9.17) is 4.42 Å². The summed E-state index contributed by atoms with van der Waals surface area (Å²) in [5, 5.41) is 2.27. The van der Waals surface area contributed by atoms with Crippen molar-refractivity contribution in [3.05, 3.63) is 283 Å². The van der Waals surface area contributed by atoms with E-state index in [0.717, 1.165) is 50.1 Å². The number of hydrogen-bond donors (Lipinski definition) is 0. The summed E-state index contributed by atoms with van der Waals surface area (Å²) in [7, 11) is 0. The second-order valence-electron chi connectivity index (χ2n) is 18.3. The Labute approximate surface area is 401 Å². The Kier molecular flexibility index (Phi) is 8.84. The van der Waals surface area contributed by atoms with Crippen LogP contribution in [0.5, 0.6) is 0 Å². The molecule has 0 saturated heterocycles. The first-order chi connectivity index (χ1) is 34.2. The van der Waals surface area contributed by atoms with E-state index in [-0.39, 0.29) is 0 Å². The lowest BCUT2D eigenvalue weighted by Crippen LogP contribution is -2.29. The highest BCUT2D eigenvalue weighted by Crippen LogP contribution is 2.62. The molecule has 0 amide bonds. The van der Waals surface area contributed by atoms with Crippen molar-refractivity contribution in [2.75, 3.05) is 4.90 Å². The van der Waals surface area contributed by atoms with Crippen LogP contribution in [0.25, 0.3) is 88.7 Å². The van der Waals surface area contributed by atoms with Crippen LogP contribution in [0.2, 0.25) is 0 Å². The molecule has 0 fully saturated rings. The lowest BCUT2D eigenvalue weighted by atomic mass is 9.66. The molecule has 0 bridgehead atoms. The Morgan fingerprint density at radius 1 is 0.261 bits per heavy atom. The minimum atomic E-state index is -0.529. The smallest absolute Gasteiger partial charge is 0.136 e. The van der Waals surface area contributed by atoms with Crippen molar-refractivity contribution in [1.29, 1.82) is 0 Å². The summed E-state index contributed by atoms with van der Waals surface area (Å²) in [4.78, 5) is 2.37. The van der Waals surface area contributed by atoms with Crippen LogP contribution >= 0.6 is 0 Å². The number of furan rings is 1. The molecule has 0 atom stereocenters. The van der Waals surface area contributed by atoms with Gasteiger partial charge >= 0.3 is 0 Å². The van der Waals surface area contributed by atoms with Crippen molar-refractivity contribution in [3.8, 4) is 66.8 Å². The summed E-state index contributed by atoms with van der Waals surface area (Å²) in [5.74, 6) is 0. The molecular weight excluding hydrogens is 835 g/mol. The topological polar surface area (TPSA) is 16.4 Å². The maximum absolute atomic E-state index is 6.28. The summed E-state index contributed by atoms with van der Waals surface area (Å²) in [6.07, 6.45) is 0. The molecule has 1 heterocycles. The van der Waals surface area contributed by atoms with E-state index in [1.54, 1.807) is 0 Å². The van der Waals surface area contributed by atoms with Gasteiger partial charge in [0.25, 0.3) is 0 Å². The van der Waals surface area contributed by atoms with Gasteiger partial charge in [0.05, 0.1) is 5.41 Å². The third-order valence-corrected chi connectivity index (χ3v) is 14.7. The highest BCUT2D eigenvalue weighted by molar-refractivity contribution is 6.12. The molecule has 0 unspecified atom stereocenters. The zero-order chi connectivity index (χ0) is 45.5. The molecule has 0 saturated carbocycles. The SMILES string of the molecule is c1ccc(-c2ccc(N(c3ccc(-c4cccc5c4-c4ccccc4C54c5ccccc5-c5ccccc5-c5ccccc54)cc3)c3ccc(-c4cccc5oc6ccccc6c45)cc3)cc2)cc1. The molecule has 14 rings (SSSR count). The summed E-state index contributed by atoms with van der Waals surface area (Å²) in [5.41, 5.74) is 24.5.